The number of nitrogens with zero attached hydrogens (tertiary/aromatic N) is 3. The van der Waals surface area contributed by atoms with Gasteiger partial charge in [-0.25, -0.2) is 0 Å². The summed E-state index contributed by atoms with van der Waals surface area (Å²) in [6, 6.07) is 4.70. The van der Waals surface area contributed by atoms with Crippen molar-refractivity contribution in [3.8, 4) is 0 Å². The molecule has 2 fully saturated rings. The zero-order valence-corrected chi connectivity index (χ0v) is 10.5. The molecule has 0 atom stereocenters. The van der Waals surface area contributed by atoms with E-state index in [-0.39, 0.29) is 5.84 Å². The van der Waals surface area contributed by atoms with Gasteiger partial charge < -0.3 is 10.6 Å². The van der Waals surface area contributed by atoms with E-state index < -0.39 is 0 Å². The quantitative estimate of drug-likeness (QED) is 0.606. The fourth-order valence-electron chi connectivity index (χ4n) is 2.52. The first kappa shape index (κ1) is 11.5. The van der Waals surface area contributed by atoms with Crippen LogP contribution in [0.25, 0.3) is 0 Å². The minimum Gasteiger partial charge on any atom is -0.382 e. The highest BCUT2D eigenvalue weighted by atomic mass is 15.3. The lowest BCUT2D eigenvalue weighted by Crippen LogP contribution is -2.47. The Balaban J connectivity index is 1.62. The Morgan fingerprint density at radius 2 is 1.94 bits per heavy atom. The summed E-state index contributed by atoms with van der Waals surface area (Å²) in [5.41, 5.74) is 7.09. The number of aromatic nitrogens is 1. The van der Waals surface area contributed by atoms with Crippen molar-refractivity contribution in [2.75, 3.05) is 31.1 Å². The molecule has 0 radical (unpaired) electrons. The standard InChI is InChI=1S/C13H19N5/c14-13(15)12-4-3-11(9-16-12)18-7-5-17(6-8-18)10-1-2-10/h3-4,9-10H,1-2,5-8H2,(H3,14,15). The molecular weight excluding hydrogens is 226 g/mol. The topological polar surface area (TPSA) is 69.2 Å². The van der Waals surface area contributed by atoms with Crippen molar-refractivity contribution in [3.05, 3.63) is 24.0 Å². The summed E-state index contributed by atoms with van der Waals surface area (Å²) in [5.74, 6) is 0.0279. The lowest BCUT2D eigenvalue weighted by Gasteiger charge is -2.36. The lowest BCUT2D eigenvalue weighted by molar-refractivity contribution is 0.248. The Bertz CT molecular complexity index is 429. The predicted molar refractivity (Wildman–Crippen MR) is 72.1 cm³/mol. The van der Waals surface area contributed by atoms with E-state index in [1.54, 1.807) is 0 Å². The van der Waals surface area contributed by atoms with E-state index >= 15 is 0 Å². The van der Waals surface area contributed by atoms with Gasteiger partial charge in [0.05, 0.1) is 11.9 Å². The monoisotopic (exact) mass is 245 g/mol. The maximum atomic E-state index is 7.33. The van der Waals surface area contributed by atoms with Crippen molar-refractivity contribution >= 4 is 11.5 Å². The molecular formula is C13H19N5. The van der Waals surface area contributed by atoms with Crippen LogP contribution in [0, 0.1) is 5.41 Å². The molecule has 2 aliphatic rings. The van der Waals surface area contributed by atoms with Crippen LogP contribution >= 0.6 is 0 Å². The van der Waals surface area contributed by atoms with Crippen molar-refractivity contribution in [3.63, 3.8) is 0 Å². The van der Waals surface area contributed by atoms with Gasteiger partial charge in [-0.05, 0) is 25.0 Å². The average Bonchev–Trinajstić information content (AvgIpc) is 3.23. The van der Waals surface area contributed by atoms with Crippen LogP contribution in [0.3, 0.4) is 0 Å². The van der Waals surface area contributed by atoms with E-state index in [9.17, 15) is 0 Å². The third-order valence-electron chi connectivity index (χ3n) is 3.77. The molecule has 1 aromatic heterocycles. The third kappa shape index (κ3) is 2.31. The van der Waals surface area contributed by atoms with Crippen LogP contribution in [0.15, 0.2) is 18.3 Å². The molecule has 5 heteroatoms. The molecule has 0 amide bonds. The van der Waals surface area contributed by atoms with Gasteiger partial charge in [-0.15, -0.1) is 0 Å². The van der Waals surface area contributed by atoms with Crippen molar-refractivity contribution in [2.24, 2.45) is 5.73 Å². The summed E-state index contributed by atoms with van der Waals surface area (Å²) >= 11 is 0. The highest BCUT2D eigenvalue weighted by molar-refractivity contribution is 5.93. The summed E-state index contributed by atoms with van der Waals surface area (Å²) in [6.07, 6.45) is 4.59. The maximum absolute atomic E-state index is 7.33. The van der Waals surface area contributed by atoms with Gasteiger partial charge in [-0.3, -0.25) is 15.3 Å². The molecule has 0 unspecified atom stereocenters. The summed E-state index contributed by atoms with van der Waals surface area (Å²) in [6.45, 7) is 4.44. The minimum absolute atomic E-state index is 0.0279. The van der Waals surface area contributed by atoms with E-state index in [2.05, 4.69) is 14.8 Å². The summed E-state index contributed by atoms with van der Waals surface area (Å²) < 4.78 is 0. The van der Waals surface area contributed by atoms with Crippen LogP contribution in [-0.4, -0.2) is 47.9 Å². The molecule has 0 aromatic carbocycles. The molecule has 1 aromatic rings. The number of amidine groups is 1. The van der Waals surface area contributed by atoms with Crippen LogP contribution in [0.4, 0.5) is 5.69 Å². The number of nitrogens with two attached hydrogens (primary N) is 1. The number of hydrogen-bond donors (Lipinski definition) is 2. The molecule has 1 aliphatic heterocycles. The Morgan fingerprint density at radius 1 is 1.22 bits per heavy atom. The zero-order valence-electron chi connectivity index (χ0n) is 10.5. The molecule has 3 rings (SSSR count). The van der Waals surface area contributed by atoms with Crippen LogP contribution in [-0.2, 0) is 0 Å². The average molecular weight is 245 g/mol. The molecule has 0 spiro atoms. The van der Waals surface area contributed by atoms with Crippen molar-refractivity contribution in [2.45, 2.75) is 18.9 Å². The van der Waals surface area contributed by atoms with Gasteiger partial charge in [0, 0.05) is 32.2 Å². The first-order valence-electron chi connectivity index (χ1n) is 6.53. The molecule has 2 heterocycles. The SMILES string of the molecule is N=C(N)c1ccc(N2CCN(C3CC3)CC2)cn1. The van der Waals surface area contributed by atoms with E-state index in [1.807, 2.05) is 18.3 Å². The molecule has 18 heavy (non-hydrogen) atoms. The Labute approximate surface area is 107 Å². The summed E-state index contributed by atoms with van der Waals surface area (Å²) in [5, 5.41) is 7.33. The molecule has 0 bridgehead atoms. The highest BCUT2D eigenvalue weighted by Crippen LogP contribution is 2.28. The number of piperazine rings is 1. The van der Waals surface area contributed by atoms with E-state index in [0.29, 0.717) is 5.69 Å². The van der Waals surface area contributed by atoms with E-state index in [4.69, 9.17) is 11.1 Å². The van der Waals surface area contributed by atoms with Gasteiger partial charge in [-0.1, -0.05) is 0 Å². The Hall–Kier alpha value is -1.62. The summed E-state index contributed by atoms with van der Waals surface area (Å²) in [7, 11) is 0. The van der Waals surface area contributed by atoms with Crippen molar-refractivity contribution in [1.82, 2.24) is 9.88 Å². The second-order valence-corrected chi connectivity index (χ2v) is 5.07. The number of nitrogens with one attached hydrogen (secondary N) is 1. The van der Waals surface area contributed by atoms with E-state index in [0.717, 1.165) is 37.9 Å². The molecule has 96 valence electrons. The van der Waals surface area contributed by atoms with Gasteiger partial charge in [-0.2, -0.15) is 0 Å². The van der Waals surface area contributed by atoms with Gasteiger partial charge in [0.15, 0.2) is 0 Å². The van der Waals surface area contributed by atoms with Crippen LogP contribution in [0.2, 0.25) is 0 Å². The van der Waals surface area contributed by atoms with Gasteiger partial charge >= 0.3 is 0 Å². The number of rotatable bonds is 3. The molecule has 3 N–H and O–H groups in total. The second kappa shape index (κ2) is 4.57. The normalized spacial score (nSPS) is 21.0. The van der Waals surface area contributed by atoms with Gasteiger partial charge in [0.2, 0.25) is 0 Å². The molecule has 5 nitrogen and oxygen atoms in total. The smallest absolute Gasteiger partial charge is 0.141 e. The zero-order chi connectivity index (χ0) is 12.5. The Kier molecular flexibility index (Phi) is 2.91. The van der Waals surface area contributed by atoms with Gasteiger partial charge in [0.25, 0.3) is 0 Å². The predicted octanol–water partition coefficient (Wildman–Crippen LogP) is 0.650. The summed E-state index contributed by atoms with van der Waals surface area (Å²) in [4.78, 5) is 9.16. The number of hydrogen-bond acceptors (Lipinski definition) is 4. The van der Waals surface area contributed by atoms with Crippen LogP contribution < -0.4 is 10.6 Å². The third-order valence-corrected chi connectivity index (χ3v) is 3.77. The van der Waals surface area contributed by atoms with Crippen LogP contribution in [0.5, 0.6) is 0 Å². The molecule has 1 saturated heterocycles. The molecule has 1 saturated carbocycles. The first-order valence-corrected chi connectivity index (χ1v) is 6.53. The Morgan fingerprint density at radius 3 is 2.44 bits per heavy atom. The minimum atomic E-state index is 0.0279. The lowest BCUT2D eigenvalue weighted by atomic mass is 10.2. The van der Waals surface area contributed by atoms with Gasteiger partial charge in [0.1, 0.15) is 11.5 Å². The fraction of sp³-hybridized carbons (Fsp3) is 0.538. The highest BCUT2D eigenvalue weighted by Gasteiger charge is 2.31. The van der Waals surface area contributed by atoms with Crippen molar-refractivity contribution < 1.29 is 0 Å². The largest absolute Gasteiger partial charge is 0.382 e. The first-order chi connectivity index (χ1) is 8.74. The fourth-order valence-corrected chi connectivity index (χ4v) is 2.52. The second-order valence-electron chi connectivity index (χ2n) is 5.07. The van der Waals surface area contributed by atoms with Crippen LogP contribution in [0.1, 0.15) is 18.5 Å². The number of pyridine rings is 1. The number of nitrogen functional groups attached to an aromatic ring is 1. The van der Waals surface area contributed by atoms with Crippen molar-refractivity contribution in [1.29, 1.82) is 5.41 Å². The molecule has 1 aliphatic carbocycles. The van der Waals surface area contributed by atoms with E-state index in [1.165, 1.54) is 12.8 Å². The maximum Gasteiger partial charge on any atom is 0.141 e. The number of anilines is 1.